The second-order valence-corrected chi connectivity index (χ2v) is 2.53. The summed E-state index contributed by atoms with van der Waals surface area (Å²) in [4.78, 5) is 0. The highest BCUT2D eigenvalue weighted by Gasteiger charge is 2.01. The highest BCUT2D eigenvalue weighted by atomic mass is 14.9. The second kappa shape index (κ2) is 7.59. The van der Waals surface area contributed by atoms with Gasteiger partial charge in [0.15, 0.2) is 0 Å². The SMILES string of the molecule is CC#CCNC(CN)CCC. The molecule has 0 fully saturated rings. The molecular weight excluding hydrogens is 136 g/mol. The zero-order valence-corrected chi connectivity index (χ0v) is 7.48. The molecule has 2 heteroatoms. The molecule has 0 spiro atoms. The first-order valence-corrected chi connectivity index (χ1v) is 4.18. The van der Waals surface area contributed by atoms with Crippen molar-refractivity contribution in [2.75, 3.05) is 13.1 Å². The number of nitrogens with one attached hydrogen (secondary N) is 1. The Balaban J connectivity index is 3.40. The minimum absolute atomic E-state index is 0.445. The molecule has 0 aliphatic rings. The van der Waals surface area contributed by atoms with Gasteiger partial charge in [0.2, 0.25) is 0 Å². The third-order valence-corrected chi connectivity index (χ3v) is 1.58. The molecule has 0 aliphatic carbocycles. The molecule has 64 valence electrons. The van der Waals surface area contributed by atoms with Crippen LogP contribution in [0, 0.1) is 11.8 Å². The maximum atomic E-state index is 5.53. The van der Waals surface area contributed by atoms with E-state index in [4.69, 9.17) is 5.73 Å². The predicted molar refractivity (Wildman–Crippen MR) is 49.2 cm³/mol. The van der Waals surface area contributed by atoms with Crippen LogP contribution in [0.4, 0.5) is 0 Å². The number of rotatable bonds is 5. The molecule has 0 aromatic rings. The largest absolute Gasteiger partial charge is 0.329 e. The molecule has 0 saturated carbocycles. The van der Waals surface area contributed by atoms with Crippen LogP contribution in [-0.2, 0) is 0 Å². The molecule has 3 N–H and O–H groups in total. The van der Waals surface area contributed by atoms with E-state index < -0.39 is 0 Å². The van der Waals surface area contributed by atoms with Crippen molar-refractivity contribution in [2.45, 2.75) is 32.7 Å². The molecule has 0 saturated heterocycles. The van der Waals surface area contributed by atoms with Gasteiger partial charge in [-0.05, 0) is 13.3 Å². The van der Waals surface area contributed by atoms with Gasteiger partial charge in [0.25, 0.3) is 0 Å². The molecule has 1 unspecified atom stereocenters. The molecule has 0 bridgehead atoms. The van der Waals surface area contributed by atoms with Gasteiger partial charge in [0.1, 0.15) is 0 Å². The molecule has 1 atom stereocenters. The summed E-state index contributed by atoms with van der Waals surface area (Å²) in [5.74, 6) is 5.79. The molecule has 0 aliphatic heterocycles. The van der Waals surface area contributed by atoms with Crippen LogP contribution in [0.5, 0.6) is 0 Å². The molecule has 0 heterocycles. The van der Waals surface area contributed by atoms with Crippen molar-refractivity contribution >= 4 is 0 Å². The summed E-state index contributed by atoms with van der Waals surface area (Å²) in [5.41, 5.74) is 5.53. The van der Waals surface area contributed by atoms with Crippen LogP contribution in [0.3, 0.4) is 0 Å². The predicted octanol–water partition coefficient (Wildman–Crippen LogP) is 0.727. The fourth-order valence-electron chi connectivity index (χ4n) is 0.935. The maximum Gasteiger partial charge on any atom is 0.0578 e. The lowest BCUT2D eigenvalue weighted by atomic mass is 10.2. The van der Waals surface area contributed by atoms with E-state index in [0.717, 1.165) is 13.0 Å². The third-order valence-electron chi connectivity index (χ3n) is 1.58. The summed E-state index contributed by atoms with van der Waals surface area (Å²) in [5, 5.41) is 3.27. The lowest BCUT2D eigenvalue weighted by Crippen LogP contribution is -2.36. The van der Waals surface area contributed by atoms with Gasteiger partial charge >= 0.3 is 0 Å². The van der Waals surface area contributed by atoms with Gasteiger partial charge in [-0.1, -0.05) is 19.3 Å². The van der Waals surface area contributed by atoms with Gasteiger partial charge < -0.3 is 11.1 Å². The highest BCUT2D eigenvalue weighted by molar-refractivity contribution is 4.97. The molecule has 0 aromatic heterocycles. The van der Waals surface area contributed by atoms with Crippen LogP contribution in [0.1, 0.15) is 26.7 Å². The van der Waals surface area contributed by atoms with E-state index >= 15 is 0 Å². The Hall–Kier alpha value is -0.520. The second-order valence-electron chi connectivity index (χ2n) is 2.53. The van der Waals surface area contributed by atoms with E-state index in [9.17, 15) is 0 Å². The topological polar surface area (TPSA) is 38.0 Å². The summed E-state index contributed by atoms with van der Waals surface area (Å²) < 4.78 is 0. The van der Waals surface area contributed by atoms with Crippen LogP contribution in [0.15, 0.2) is 0 Å². The van der Waals surface area contributed by atoms with Crippen molar-refractivity contribution in [1.82, 2.24) is 5.32 Å². The van der Waals surface area contributed by atoms with Crippen LogP contribution < -0.4 is 11.1 Å². The summed E-state index contributed by atoms with van der Waals surface area (Å²) in [6.07, 6.45) is 2.32. The first-order chi connectivity index (χ1) is 5.35. The van der Waals surface area contributed by atoms with Crippen LogP contribution in [0.25, 0.3) is 0 Å². The van der Waals surface area contributed by atoms with Crippen molar-refractivity contribution in [3.8, 4) is 11.8 Å². The Morgan fingerprint density at radius 2 is 2.27 bits per heavy atom. The molecule has 0 rings (SSSR count). The lowest BCUT2D eigenvalue weighted by molar-refractivity contribution is 0.509. The molecule has 0 amide bonds. The molecule has 0 radical (unpaired) electrons. The fraction of sp³-hybridized carbons (Fsp3) is 0.778. The zero-order chi connectivity index (χ0) is 8.53. The Bertz CT molecular complexity index is 132. The summed E-state index contributed by atoms with van der Waals surface area (Å²) in [7, 11) is 0. The van der Waals surface area contributed by atoms with E-state index in [-0.39, 0.29) is 0 Å². The highest BCUT2D eigenvalue weighted by Crippen LogP contribution is 1.92. The van der Waals surface area contributed by atoms with Crippen molar-refractivity contribution < 1.29 is 0 Å². The van der Waals surface area contributed by atoms with E-state index in [2.05, 4.69) is 24.1 Å². The average molecular weight is 154 g/mol. The minimum atomic E-state index is 0.445. The first-order valence-electron chi connectivity index (χ1n) is 4.18. The molecule has 0 aromatic carbocycles. The first kappa shape index (κ1) is 10.5. The van der Waals surface area contributed by atoms with E-state index in [1.54, 1.807) is 0 Å². The number of hydrogen-bond donors (Lipinski definition) is 2. The number of hydrogen-bond acceptors (Lipinski definition) is 2. The monoisotopic (exact) mass is 154 g/mol. The normalized spacial score (nSPS) is 11.9. The molecular formula is C9H18N2. The smallest absolute Gasteiger partial charge is 0.0578 e. The number of nitrogens with two attached hydrogens (primary N) is 1. The van der Waals surface area contributed by atoms with E-state index in [1.165, 1.54) is 6.42 Å². The Morgan fingerprint density at radius 1 is 1.55 bits per heavy atom. The summed E-state index contributed by atoms with van der Waals surface area (Å²) in [6, 6.07) is 0.445. The quantitative estimate of drug-likeness (QED) is 0.573. The van der Waals surface area contributed by atoms with E-state index in [1.807, 2.05) is 6.92 Å². The Labute approximate surface area is 69.5 Å². The lowest BCUT2D eigenvalue weighted by Gasteiger charge is -2.12. The van der Waals surface area contributed by atoms with Gasteiger partial charge in [-0.2, -0.15) is 0 Å². The molecule has 11 heavy (non-hydrogen) atoms. The third kappa shape index (κ3) is 5.90. The maximum absolute atomic E-state index is 5.53. The van der Waals surface area contributed by atoms with Crippen molar-refractivity contribution in [2.24, 2.45) is 5.73 Å². The van der Waals surface area contributed by atoms with Gasteiger partial charge in [0, 0.05) is 12.6 Å². The molecule has 2 nitrogen and oxygen atoms in total. The van der Waals surface area contributed by atoms with Gasteiger partial charge in [-0.15, -0.1) is 5.92 Å². The van der Waals surface area contributed by atoms with Crippen LogP contribution in [-0.4, -0.2) is 19.1 Å². The van der Waals surface area contributed by atoms with Gasteiger partial charge in [-0.25, -0.2) is 0 Å². The average Bonchev–Trinajstić information content (AvgIpc) is 2.03. The van der Waals surface area contributed by atoms with Crippen molar-refractivity contribution in [3.05, 3.63) is 0 Å². The summed E-state index contributed by atoms with van der Waals surface area (Å²) >= 11 is 0. The van der Waals surface area contributed by atoms with Crippen molar-refractivity contribution in [3.63, 3.8) is 0 Å². The summed E-state index contributed by atoms with van der Waals surface area (Å²) in [6.45, 7) is 5.48. The zero-order valence-electron chi connectivity index (χ0n) is 7.48. The van der Waals surface area contributed by atoms with Gasteiger partial charge in [-0.3, -0.25) is 0 Å². The minimum Gasteiger partial charge on any atom is -0.329 e. The standard InChI is InChI=1S/C9H18N2/c1-3-5-7-11-9(8-10)6-4-2/h9,11H,4,6-8,10H2,1-2H3. The fourth-order valence-corrected chi connectivity index (χ4v) is 0.935. The Morgan fingerprint density at radius 3 is 2.73 bits per heavy atom. The van der Waals surface area contributed by atoms with Crippen LogP contribution in [0.2, 0.25) is 0 Å². The van der Waals surface area contributed by atoms with E-state index in [0.29, 0.717) is 12.6 Å². The van der Waals surface area contributed by atoms with Gasteiger partial charge in [0.05, 0.1) is 6.54 Å². The Kier molecular flexibility index (Phi) is 7.23. The van der Waals surface area contributed by atoms with Crippen LogP contribution >= 0.6 is 0 Å². The van der Waals surface area contributed by atoms with Crippen molar-refractivity contribution in [1.29, 1.82) is 0 Å².